The second kappa shape index (κ2) is 6.68. The Hall–Kier alpha value is -1.28. The highest BCUT2D eigenvalue weighted by molar-refractivity contribution is 7.19. The minimum absolute atomic E-state index is 0.0711. The van der Waals surface area contributed by atoms with Crippen LogP contribution in [0.5, 0.6) is 0 Å². The first-order valence-corrected chi connectivity index (χ1v) is 9.20. The highest BCUT2D eigenvalue weighted by Crippen LogP contribution is 2.35. The van der Waals surface area contributed by atoms with Crippen LogP contribution in [0.4, 0.5) is 10.2 Å². The summed E-state index contributed by atoms with van der Waals surface area (Å²) in [5.74, 6) is 0.427. The van der Waals surface area contributed by atoms with E-state index in [1.165, 1.54) is 22.3 Å². The van der Waals surface area contributed by atoms with Crippen molar-refractivity contribution in [2.75, 3.05) is 5.32 Å². The molecule has 0 fully saturated rings. The van der Waals surface area contributed by atoms with Crippen LogP contribution in [0.3, 0.4) is 0 Å². The minimum atomic E-state index is -0.209. The van der Waals surface area contributed by atoms with Crippen LogP contribution in [0.1, 0.15) is 22.2 Å². The van der Waals surface area contributed by atoms with Crippen molar-refractivity contribution in [3.05, 3.63) is 37.9 Å². The number of aromatic nitrogens is 2. The lowest BCUT2D eigenvalue weighted by Crippen LogP contribution is -2.17. The minimum Gasteiger partial charge on any atom is -0.364 e. The molecule has 0 bridgehead atoms. The summed E-state index contributed by atoms with van der Waals surface area (Å²) in [6.45, 7) is 4.36. The number of hydrogen-bond donors (Lipinski definition) is 2. The maximum atomic E-state index is 13.6. The van der Waals surface area contributed by atoms with Crippen LogP contribution in [-0.2, 0) is 13.0 Å². The van der Waals surface area contributed by atoms with Crippen LogP contribution in [0.2, 0.25) is 5.28 Å². The average molecular weight is 371 g/mol. The van der Waals surface area contributed by atoms with Gasteiger partial charge in [0.2, 0.25) is 5.28 Å². The molecule has 3 N–H and O–H groups in total. The number of halogens is 2. The highest BCUT2D eigenvalue weighted by Gasteiger charge is 2.17. The van der Waals surface area contributed by atoms with E-state index in [-0.39, 0.29) is 17.1 Å². The summed E-state index contributed by atoms with van der Waals surface area (Å²) >= 11 is 9.03. The monoisotopic (exact) mass is 370 g/mol. The van der Waals surface area contributed by atoms with Crippen LogP contribution in [0.25, 0.3) is 10.2 Å². The number of aryl methyl sites for hydroxylation is 1. The van der Waals surface area contributed by atoms with E-state index in [4.69, 9.17) is 17.3 Å². The fourth-order valence-electron chi connectivity index (χ4n) is 2.33. The first kappa shape index (κ1) is 16.6. The molecule has 8 heteroatoms. The summed E-state index contributed by atoms with van der Waals surface area (Å²) in [4.78, 5) is 10.4. The molecule has 1 unspecified atom stereocenters. The van der Waals surface area contributed by atoms with Crippen LogP contribution in [-0.4, -0.2) is 16.0 Å². The lowest BCUT2D eigenvalue weighted by molar-refractivity contribution is 0.621. The summed E-state index contributed by atoms with van der Waals surface area (Å²) in [7, 11) is 0. The van der Waals surface area contributed by atoms with E-state index in [9.17, 15) is 4.39 Å². The third-order valence-electron chi connectivity index (χ3n) is 3.45. The third kappa shape index (κ3) is 3.47. The highest BCUT2D eigenvalue weighted by atomic mass is 35.5. The van der Waals surface area contributed by atoms with Gasteiger partial charge in [0.25, 0.3) is 0 Å². The molecule has 0 aromatic carbocycles. The van der Waals surface area contributed by atoms with E-state index in [0.717, 1.165) is 22.2 Å². The topological polar surface area (TPSA) is 63.8 Å². The largest absolute Gasteiger partial charge is 0.364 e. The summed E-state index contributed by atoms with van der Waals surface area (Å²) in [6, 6.07) is 1.53. The van der Waals surface area contributed by atoms with Crippen molar-refractivity contribution in [1.82, 2.24) is 9.97 Å². The predicted molar refractivity (Wildman–Crippen MR) is 96.1 cm³/mol. The summed E-state index contributed by atoms with van der Waals surface area (Å²) < 4.78 is 14.5. The van der Waals surface area contributed by atoms with Crippen LogP contribution < -0.4 is 11.1 Å². The molecular formula is C15H16ClFN4S2. The van der Waals surface area contributed by atoms with Crippen molar-refractivity contribution < 1.29 is 4.39 Å². The summed E-state index contributed by atoms with van der Waals surface area (Å²) in [5, 5.41) is 5.09. The Balaban J connectivity index is 1.97. The second-order valence-corrected chi connectivity index (χ2v) is 7.84. The number of anilines is 1. The Morgan fingerprint density at radius 2 is 2.17 bits per heavy atom. The van der Waals surface area contributed by atoms with Gasteiger partial charge in [-0.3, -0.25) is 0 Å². The van der Waals surface area contributed by atoms with Gasteiger partial charge in [-0.25, -0.2) is 9.37 Å². The number of nitrogens with zero attached hydrogens (tertiary/aromatic N) is 2. The van der Waals surface area contributed by atoms with E-state index in [2.05, 4.69) is 15.3 Å². The van der Waals surface area contributed by atoms with Crippen molar-refractivity contribution in [3.8, 4) is 0 Å². The molecule has 3 aromatic rings. The number of rotatable bonds is 5. The van der Waals surface area contributed by atoms with Crippen LogP contribution in [0.15, 0.2) is 11.4 Å². The van der Waals surface area contributed by atoms with Gasteiger partial charge >= 0.3 is 0 Å². The molecule has 3 rings (SSSR count). The Morgan fingerprint density at radius 1 is 1.39 bits per heavy atom. The number of fused-ring (bicyclic) bond motifs is 1. The van der Waals surface area contributed by atoms with Gasteiger partial charge in [0.15, 0.2) is 0 Å². The molecule has 0 spiro atoms. The normalized spacial score (nSPS) is 12.7. The molecule has 0 saturated heterocycles. The Bertz CT molecular complexity index is 843. The first-order valence-electron chi connectivity index (χ1n) is 7.12. The lowest BCUT2D eigenvalue weighted by Gasteiger charge is -2.06. The first-order chi connectivity index (χ1) is 11.0. The molecule has 0 saturated carbocycles. The third-order valence-corrected chi connectivity index (χ3v) is 5.83. The maximum Gasteiger partial charge on any atom is 0.224 e. The Labute approximate surface area is 146 Å². The predicted octanol–water partition coefficient (Wildman–Crippen LogP) is 4.36. The SMILES string of the molecule is Cc1c(CC(C)N)sc2c(NCc3sccc3F)nc(Cl)nc12. The molecule has 4 nitrogen and oxygen atoms in total. The van der Waals surface area contributed by atoms with Gasteiger partial charge in [0.05, 0.1) is 21.6 Å². The van der Waals surface area contributed by atoms with E-state index < -0.39 is 0 Å². The summed E-state index contributed by atoms with van der Waals surface area (Å²) in [6.07, 6.45) is 0.781. The summed E-state index contributed by atoms with van der Waals surface area (Å²) in [5.41, 5.74) is 7.82. The molecule has 1 atom stereocenters. The van der Waals surface area contributed by atoms with E-state index in [0.29, 0.717) is 17.2 Å². The van der Waals surface area contributed by atoms with E-state index in [1.807, 2.05) is 13.8 Å². The van der Waals surface area contributed by atoms with Crippen molar-refractivity contribution in [3.63, 3.8) is 0 Å². The smallest absolute Gasteiger partial charge is 0.224 e. The van der Waals surface area contributed by atoms with Gasteiger partial charge in [0.1, 0.15) is 11.6 Å². The standard InChI is InChI=1S/C15H16ClFN4S2/c1-7(18)5-10-8(2)12-13(23-10)14(21-15(16)20-12)19-6-11-9(17)3-4-22-11/h3-4,7H,5-6,18H2,1-2H3,(H,19,20,21). The van der Waals surface area contributed by atoms with Gasteiger partial charge in [-0.1, -0.05) is 0 Å². The molecule has 0 aliphatic rings. The van der Waals surface area contributed by atoms with E-state index >= 15 is 0 Å². The van der Waals surface area contributed by atoms with Gasteiger partial charge in [-0.2, -0.15) is 4.98 Å². The molecule has 0 amide bonds. The van der Waals surface area contributed by atoms with Crippen molar-refractivity contribution in [2.24, 2.45) is 5.73 Å². The fraction of sp³-hybridized carbons (Fsp3) is 0.333. The molecular weight excluding hydrogens is 355 g/mol. The molecule has 3 heterocycles. The Morgan fingerprint density at radius 3 is 2.83 bits per heavy atom. The fourth-order valence-corrected chi connectivity index (χ4v) is 4.54. The van der Waals surface area contributed by atoms with Crippen LogP contribution >= 0.6 is 34.3 Å². The molecule has 0 aliphatic heterocycles. The zero-order valence-corrected chi connectivity index (χ0v) is 15.1. The van der Waals surface area contributed by atoms with E-state index in [1.54, 1.807) is 16.7 Å². The van der Waals surface area contributed by atoms with Crippen molar-refractivity contribution in [2.45, 2.75) is 32.9 Å². The van der Waals surface area contributed by atoms with Crippen LogP contribution in [0, 0.1) is 12.7 Å². The number of hydrogen-bond acceptors (Lipinski definition) is 6. The molecule has 3 aromatic heterocycles. The van der Waals surface area contributed by atoms with Gasteiger partial charge in [-0.05, 0) is 48.9 Å². The average Bonchev–Trinajstić information content (AvgIpc) is 3.02. The number of thiophene rings is 2. The Kier molecular flexibility index (Phi) is 4.82. The molecule has 122 valence electrons. The molecule has 0 aliphatic carbocycles. The second-order valence-electron chi connectivity index (χ2n) is 5.40. The van der Waals surface area contributed by atoms with Crippen molar-refractivity contribution in [1.29, 1.82) is 0 Å². The zero-order valence-electron chi connectivity index (χ0n) is 12.7. The lowest BCUT2D eigenvalue weighted by atomic mass is 10.1. The quantitative estimate of drug-likeness (QED) is 0.655. The van der Waals surface area contributed by atoms with Gasteiger partial charge in [0, 0.05) is 10.9 Å². The number of nitrogens with two attached hydrogens (primary N) is 1. The molecule has 23 heavy (non-hydrogen) atoms. The number of nitrogens with one attached hydrogen (secondary N) is 1. The molecule has 0 radical (unpaired) electrons. The van der Waals surface area contributed by atoms with Gasteiger partial charge in [-0.15, -0.1) is 22.7 Å². The van der Waals surface area contributed by atoms with Crippen molar-refractivity contribution >= 4 is 50.3 Å². The zero-order chi connectivity index (χ0) is 16.6. The van der Waals surface area contributed by atoms with Gasteiger partial charge < -0.3 is 11.1 Å². The maximum absolute atomic E-state index is 13.6.